The normalized spacial score (nSPS) is 14.2. The molecule has 0 rings (SSSR count). The van der Waals surface area contributed by atoms with Crippen LogP contribution in [-0.2, 0) is 65.4 Å². The maximum Gasteiger partial charge on any atom is 0.472 e. The van der Waals surface area contributed by atoms with E-state index in [-0.39, 0.29) is 25.7 Å². The summed E-state index contributed by atoms with van der Waals surface area (Å²) < 4.78 is 68.6. The van der Waals surface area contributed by atoms with Crippen LogP contribution < -0.4 is 0 Å². The van der Waals surface area contributed by atoms with Crippen molar-refractivity contribution in [2.24, 2.45) is 17.8 Å². The van der Waals surface area contributed by atoms with Crippen molar-refractivity contribution in [1.29, 1.82) is 0 Å². The van der Waals surface area contributed by atoms with Crippen LogP contribution in [0.2, 0.25) is 0 Å². The van der Waals surface area contributed by atoms with Crippen LogP contribution in [0, 0.1) is 17.8 Å². The summed E-state index contributed by atoms with van der Waals surface area (Å²) in [5.74, 6) is 0.164. The maximum atomic E-state index is 13.1. The lowest BCUT2D eigenvalue weighted by Gasteiger charge is -2.21. The van der Waals surface area contributed by atoms with Gasteiger partial charge in [0, 0.05) is 25.7 Å². The fourth-order valence-electron chi connectivity index (χ4n) is 11.8. The molecular weight excluding hydrogens is 1290 g/mol. The van der Waals surface area contributed by atoms with E-state index in [0.717, 1.165) is 127 Å². The Hall–Kier alpha value is -2.46. The Morgan fingerprint density at radius 1 is 0.313 bits per heavy atom. The van der Waals surface area contributed by atoms with Crippen molar-refractivity contribution in [3.63, 3.8) is 0 Å². The van der Waals surface area contributed by atoms with Crippen molar-refractivity contribution in [1.82, 2.24) is 0 Å². The fourth-order valence-corrected chi connectivity index (χ4v) is 13.3. The van der Waals surface area contributed by atoms with Crippen LogP contribution in [0.25, 0.3) is 0 Å². The topological polar surface area (TPSA) is 237 Å². The highest BCUT2D eigenvalue weighted by Gasteiger charge is 2.30. The second-order valence-corrected chi connectivity index (χ2v) is 32.5. The van der Waals surface area contributed by atoms with Gasteiger partial charge in [-0.2, -0.15) is 0 Å². The Labute approximate surface area is 605 Å². The smallest absolute Gasteiger partial charge is 0.462 e. The van der Waals surface area contributed by atoms with Crippen LogP contribution in [-0.4, -0.2) is 96.7 Å². The second kappa shape index (κ2) is 69.9. The lowest BCUT2D eigenvalue weighted by Crippen LogP contribution is -2.30. The second-order valence-electron chi connectivity index (χ2n) is 29.5. The Balaban J connectivity index is 5.30. The van der Waals surface area contributed by atoms with Gasteiger partial charge in [-0.25, -0.2) is 9.13 Å². The predicted octanol–water partition coefficient (Wildman–Crippen LogP) is 23.3. The van der Waals surface area contributed by atoms with E-state index in [2.05, 4.69) is 72.8 Å². The molecule has 0 radical (unpaired) electrons. The number of phosphoric ester groups is 2. The lowest BCUT2D eigenvalue weighted by molar-refractivity contribution is -0.161. The first-order chi connectivity index (χ1) is 47.7. The molecule has 0 aromatic rings. The largest absolute Gasteiger partial charge is 0.472 e. The monoisotopic (exact) mass is 1450 g/mol. The molecule has 0 amide bonds. The average molecular weight is 1450 g/mol. The summed E-state index contributed by atoms with van der Waals surface area (Å²) in [7, 11) is -9.93. The SMILES string of the molecule is CCCCCC/C=C\C=C/CCCCCCCC(=O)O[C@H](COC(=O)CCCCCCCCCCC(C)C)COP(=O)(O)OC[C@H](O)COP(=O)(O)OC[C@@H](COC(=O)CCCCCCCCCCCCCCCC(C)C)OC(=O)CCCCCCCCCCCCCCCCC(C)C. The van der Waals surface area contributed by atoms with Gasteiger partial charge in [0.05, 0.1) is 26.4 Å². The number of rotatable bonds is 76. The quantitative estimate of drug-likeness (QED) is 0.0169. The van der Waals surface area contributed by atoms with E-state index in [9.17, 15) is 43.2 Å². The van der Waals surface area contributed by atoms with Gasteiger partial charge in [0.15, 0.2) is 12.2 Å². The number of phosphoric acid groups is 2. The van der Waals surface area contributed by atoms with E-state index in [1.807, 2.05) is 0 Å². The third-order valence-corrected chi connectivity index (χ3v) is 19.9. The summed E-state index contributed by atoms with van der Waals surface area (Å²) in [4.78, 5) is 73.0. The van der Waals surface area contributed by atoms with Crippen LogP contribution in [0.15, 0.2) is 24.3 Å². The molecule has 99 heavy (non-hydrogen) atoms. The van der Waals surface area contributed by atoms with Crippen LogP contribution in [0.5, 0.6) is 0 Å². The van der Waals surface area contributed by atoms with E-state index in [0.29, 0.717) is 25.7 Å². The number of unbranched alkanes of at least 4 members (excludes halogenated alkanes) is 41. The van der Waals surface area contributed by atoms with Gasteiger partial charge < -0.3 is 33.8 Å². The standard InChI is InChI=1S/C80H152O17P2/c1-8-9-10-11-12-13-14-15-16-22-28-33-42-49-56-63-80(85)97-76(68-91-78(83)62-55-48-41-36-35-39-46-53-60-73(6)7)70-95-99(88,89)93-66-74(81)65-92-98(86,87)94-69-75(67-90-77(82)61-54-47-40-32-27-24-19-21-26-31-38-45-52-59-72(4)5)96-79(84)64-57-50-43-34-29-23-18-17-20-25-30-37-44-51-58-71(2)3/h13-16,71-76,81H,8-12,17-70H2,1-7H3,(H,86,87)(H,88,89)/b14-13-,16-15-/t74-,75-,76-/m1/s1. The van der Waals surface area contributed by atoms with Crippen LogP contribution in [0.1, 0.15) is 389 Å². The number of hydrogen-bond donors (Lipinski definition) is 3. The van der Waals surface area contributed by atoms with Gasteiger partial charge >= 0.3 is 39.5 Å². The van der Waals surface area contributed by atoms with E-state index in [1.165, 1.54) is 180 Å². The van der Waals surface area contributed by atoms with Gasteiger partial charge in [0.1, 0.15) is 19.3 Å². The molecule has 0 aromatic carbocycles. The fraction of sp³-hybridized carbons (Fsp3) is 0.900. The molecule has 0 bridgehead atoms. The summed E-state index contributed by atoms with van der Waals surface area (Å²) in [6.07, 6.45) is 60.4. The summed E-state index contributed by atoms with van der Waals surface area (Å²) in [5, 5.41) is 10.6. The van der Waals surface area contributed by atoms with Gasteiger partial charge in [0.2, 0.25) is 0 Å². The maximum absolute atomic E-state index is 13.1. The molecule has 19 heteroatoms. The van der Waals surface area contributed by atoms with Crippen molar-refractivity contribution >= 4 is 39.5 Å². The highest BCUT2D eigenvalue weighted by molar-refractivity contribution is 7.47. The van der Waals surface area contributed by atoms with E-state index in [4.69, 9.17) is 37.0 Å². The molecule has 0 aliphatic carbocycles. The van der Waals surface area contributed by atoms with Crippen LogP contribution in [0.3, 0.4) is 0 Å². The minimum absolute atomic E-state index is 0.0843. The minimum atomic E-state index is -4.97. The minimum Gasteiger partial charge on any atom is -0.462 e. The lowest BCUT2D eigenvalue weighted by atomic mass is 10.0. The number of allylic oxidation sites excluding steroid dienone is 4. The molecule has 0 fully saturated rings. The van der Waals surface area contributed by atoms with Crippen molar-refractivity contribution in [3.8, 4) is 0 Å². The summed E-state index contributed by atoms with van der Waals surface area (Å²) in [6, 6.07) is 0. The third kappa shape index (κ3) is 73.6. The number of hydrogen-bond acceptors (Lipinski definition) is 15. The number of esters is 4. The van der Waals surface area contributed by atoms with Crippen LogP contribution >= 0.6 is 15.6 Å². The Morgan fingerprint density at radius 2 is 0.545 bits per heavy atom. The number of carbonyl (C=O) groups is 4. The highest BCUT2D eigenvalue weighted by atomic mass is 31.2. The molecular formula is C80H152O17P2. The van der Waals surface area contributed by atoms with Gasteiger partial charge in [-0.05, 0) is 69.1 Å². The number of aliphatic hydroxyl groups excluding tert-OH is 1. The first-order valence-corrected chi connectivity index (χ1v) is 43.7. The van der Waals surface area contributed by atoms with Gasteiger partial charge in [-0.15, -0.1) is 0 Å². The van der Waals surface area contributed by atoms with Crippen molar-refractivity contribution in [3.05, 3.63) is 24.3 Å². The van der Waals surface area contributed by atoms with E-state index < -0.39 is 97.5 Å². The first kappa shape index (κ1) is 96.5. The highest BCUT2D eigenvalue weighted by Crippen LogP contribution is 2.45. The molecule has 0 aliphatic rings. The number of carbonyl (C=O) groups excluding carboxylic acids is 4. The molecule has 0 aliphatic heterocycles. The van der Waals surface area contributed by atoms with Crippen molar-refractivity contribution in [2.75, 3.05) is 39.6 Å². The molecule has 0 heterocycles. The van der Waals surface area contributed by atoms with Gasteiger partial charge in [-0.3, -0.25) is 37.3 Å². The van der Waals surface area contributed by atoms with Gasteiger partial charge in [-0.1, -0.05) is 336 Å². The van der Waals surface area contributed by atoms with E-state index >= 15 is 0 Å². The Bertz CT molecular complexity index is 2020. The zero-order chi connectivity index (χ0) is 73.0. The van der Waals surface area contributed by atoms with Crippen LogP contribution in [0.4, 0.5) is 0 Å². The summed E-state index contributed by atoms with van der Waals surface area (Å²) >= 11 is 0. The summed E-state index contributed by atoms with van der Waals surface area (Å²) in [5.41, 5.74) is 0. The molecule has 17 nitrogen and oxygen atoms in total. The van der Waals surface area contributed by atoms with Crippen molar-refractivity contribution < 1.29 is 80.2 Å². The molecule has 3 N–H and O–H groups in total. The number of aliphatic hydroxyl groups is 1. The predicted molar refractivity (Wildman–Crippen MR) is 404 cm³/mol. The molecule has 2 unspecified atom stereocenters. The Morgan fingerprint density at radius 3 is 0.818 bits per heavy atom. The van der Waals surface area contributed by atoms with Gasteiger partial charge in [0.25, 0.3) is 0 Å². The zero-order valence-corrected chi connectivity index (χ0v) is 66.2. The summed E-state index contributed by atoms with van der Waals surface area (Å²) in [6.45, 7) is 11.9. The molecule has 5 atom stereocenters. The zero-order valence-electron chi connectivity index (χ0n) is 64.4. The average Bonchev–Trinajstić information content (AvgIpc) is 1.10. The number of ether oxygens (including phenoxy) is 4. The molecule has 584 valence electrons. The Kier molecular flexibility index (Phi) is 68.1. The molecule has 0 aromatic heterocycles. The molecule has 0 spiro atoms. The van der Waals surface area contributed by atoms with Crippen molar-refractivity contribution in [2.45, 2.75) is 407 Å². The molecule has 0 saturated carbocycles. The molecule has 0 saturated heterocycles. The first-order valence-electron chi connectivity index (χ1n) is 40.7. The van der Waals surface area contributed by atoms with E-state index in [1.54, 1.807) is 0 Å². The third-order valence-electron chi connectivity index (χ3n) is 18.0.